The summed E-state index contributed by atoms with van der Waals surface area (Å²) in [6.07, 6.45) is 13.6. The predicted octanol–water partition coefficient (Wildman–Crippen LogP) is 6.61. The number of rotatable bonds is 12. The molecular weight excluding hydrogens is 264 g/mol. The largest absolute Gasteiger partial charge is 0.126 e. The minimum atomic E-state index is 0.652. The molecule has 0 aliphatic rings. The van der Waals surface area contributed by atoms with Gasteiger partial charge >= 0.3 is 0 Å². The van der Waals surface area contributed by atoms with Gasteiger partial charge in [0.05, 0.1) is 0 Å². The molecule has 1 heteroatoms. The molecule has 0 heterocycles. The van der Waals surface area contributed by atoms with Crippen molar-refractivity contribution in [3.63, 3.8) is 0 Å². The van der Waals surface area contributed by atoms with Gasteiger partial charge in [0.15, 0.2) is 0 Å². The molecule has 1 unspecified atom stereocenters. The van der Waals surface area contributed by atoms with Crippen LogP contribution in [0.15, 0.2) is 30.3 Å². The molecule has 0 saturated heterocycles. The molecule has 0 nitrogen and oxygen atoms in total. The second kappa shape index (κ2) is 12.3. The third-order valence-corrected chi connectivity index (χ3v) is 4.49. The molecule has 0 aliphatic heterocycles. The van der Waals surface area contributed by atoms with E-state index < -0.39 is 0 Å². The summed E-state index contributed by atoms with van der Waals surface area (Å²) >= 11 is 6.11. The predicted molar refractivity (Wildman–Crippen MR) is 91.6 cm³/mol. The standard InChI is InChI=1S/C19H31Cl/c1-2-3-4-5-6-7-8-10-15-19(17-20)16-18-13-11-9-12-14-18/h9,11-14,19H,2-8,10,15-17H2,1H3. The number of hydrogen-bond donors (Lipinski definition) is 0. The van der Waals surface area contributed by atoms with Gasteiger partial charge in [-0.3, -0.25) is 0 Å². The van der Waals surface area contributed by atoms with E-state index in [1.807, 2.05) is 0 Å². The highest BCUT2D eigenvalue weighted by Gasteiger charge is 2.08. The van der Waals surface area contributed by atoms with Crippen LogP contribution in [0, 0.1) is 5.92 Å². The van der Waals surface area contributed by atoms with Crippen LogP contribution >= 0.6 is 11.6 Å². The zero-order valence-electron chi connectivity index (χ0n) is 13.1. The van der Waals surface area contributed by atoms with Crippen molar-refractivity contribution in [2.24, 2.45) is 5.92 Å². The summed E-state index contributed by atoms with van der Waals surface area (Å²) in [4.78, 5) is 0. The number of alkyl halides is 1. The van der Waals surface area contributed by atoms with E-state index in [9.17, 15) is 0 Å². The van der Waals surface area contributed by atoms with Gasteiger partial charge < -0.3 is 0 Å². The van der Waals surface area contributed by atoms with E-state index in [4.69, 9.17) is 11.6 Å². The van der Waals surface area contributed by atoms with Gasteiger partial charge in [-0.05, 0) is 24.3 Å². The van der Waals surface area contributed by atoms with Crippen LogP contribution in [0.3, 0.4) is 0 Å². The lowest BCUT2D eigenvalue weighted by Gasteiger charge is -2.13. The highest BCUT2D eigenvalue weighted by Crippen LogP contribution is 2.18. The van der Waals surface area contributed by atoms with Crippen LogP contribution in [0.5, 0.6) is 0 Å². The van der Waals surface area contributed by atoms with E-state index in [2.05, 4.69) is 37.3 Å². The molecule has 1 rings (SSSR count). The van der Waals surface area contributed by atoms with Crippen LogP contribution in [0.25, 0.3) is 0 Å². The maximum atomic E-state index is 6.11. The summed E-state index contributed by atoms with van der Waals surface area (Å²) < 4.78 is 0. The summed E-state index contributed by atoms with van der Waals surface area (Å²) in [5.41, 5.74) is 1.43. The number of benzene rings is 1. The van der Waals surface area contributed by atoms with Crippen LogP contribution in [-0.4, -0.2) is 5.88 Å². The topological polar surface area (TPSA) is 0 Å². The number of halogens is 1. The summed E-state index contributed by atoms with van der Waals surface area (Å²) in [6, 6.07) is 10.8. The maximum Gasteiger partial charge on any atom is 0.0254 e. The first-order chi connectivity index (χ1) is 9.86. The average Bonchev–Trinajstić information content (AvgIpc) is 2.49. The van der Waals surface area contributed by atoms with E-state index in [1.165, 1.54) is 63.4 Å². The minimum absolute atomic E-state index is 0.652. The van der Waals surface area contributed by atoms with Gasteiger partial charge in [0.2, 0.25) is 0 Å². The Morgan fingerprint density at radius 1 is 0.850 bits per heavy atom. The Hall–Kier alpha value is -0.490. The molecule has 0 aromatic heterocycles. The third-order valence-electron chi connectivity index (χ3n) is 4.05. The van der Waals surface area contributed by atoms with Gasteiger partial charge in [0, 0.05) is 5.88 Å². The van der Waals surface area contributed by atoms with Crippen molar-refractivity contribution >= 4 is 11.6 Å². The molecular formula is C19H31Cl. The van der Waals surface area contributed by atoms with E-state index >= 15 is 0 Å². The van der Waals surface area contributed by atoms with Crippen molar-refractivity contribution < 1.29 is 0 Å². The zero-order chi connectivity index (χ0) is 14.5. The first kappa shape index (κ1) is 17.6. The van der Waals surface area contributed by atoms with Gasteiger partial charge in [-0.2, -0.15) is 0 Å². The molecule has 1 aromatic rings. The Kier molecular flexibility index (Phi) is 10.8. The maximum absolute atomic E-state index is 6.11. The third kappa shape index (κ3) is 8.64. The fourth-order valence-corrected chi connectivity index (χ4v) is 3.01. The molecule has 0 N–H and O–H groups in total. The second-order valence-corrected chi connectivity index (χ2v) is 6.28. The minimum Gasteiger partial charge on any atom is -0.126 e. The first-order valence-corrected chi connectivity index (χ1v) is 9.00. The van der Waals surface area contributed by atoms with Crippen molar-refractivity contribution in [3.8, 4) is 0 Å². The Labute approximate surface area is 130 Å². The van der Waals surface area contributed by atoms with Crippen molar-refractivity contribution in [3.05, 3.63) is 35.9 Å². The SMILES string of the molecule is CCCCCCCCCCC(CCl)Cc1ccccc1. The lowest BCUT2D eigenvalue weighted by atomic mass is 9.95. The molecule has 1 atom stereocenters. The van der Waals surface area contributed by atoms with E-state index in [-0.39, 0.29) is 0 Å². The monoisotopic (exact) mass is 294 g/mol. The first-order valence-electron chi connectivity index (χ1n) is 8.46. The van der Waals surface area contributed by atoms with Crippen LogP contribution in [0.2, 0.25) is 0 Å². The van der Waals surface area contributed by atoms with E-state index in [1.54, 1.807) is 0 Å². The van der Waals surface area contributed by atoms with Crippen LogP contribution in [0.4, 0.5) is 0 Å². The van der Waals surface area contributed by atoms with Crippen LogP contribution in [0.1, 0.15) is 70.3 Å². The van der Waals surface area contributed by atoms with E-state index in [0.29, 0.717) is 5.92 Å². The van der Waals surface area contributed by atoms with Crippen LogP contribution in [-0.2, 0) is 6.42 Å². The fourth-order valence-electron chi connectivity index (χ4n) is 2.75. The molecule has 0 amide bonds. The van der Waals surface area contributed by atoms with Crippen molar-refractivity contribution in [1.82, 2.24) is 0 Å². The van der Waals surface area contributed by atoms with Gasteiger partial charge in [-0.1, -0.05) is 88.6 Å². The molecule has 20 heavy (non-hydrogen) atoms. The highest BCUT2D eigenvalue weighted by atomic mass is 35.5. The Bertz CT molecular complexity index is 307. The lowest BCUT2D eigenvalue weighted by molar-refractivity contribution is 0.482. The number of unbranched alkanes of at least 4 members (excludes halogenated alkanes) is 7. The smallest absolute Gasteiger partial charge is 0.0254 e. The van der Waals surface area contributed by atoms with Crippen molar-refractivity contribution in [1.29, 1.82) is 0 Å². The van der Waals surface area contributed by atoms with Gasteiger partial charge in [0.1, 0.15) is 0 Å². The summed E-state index contributed by atoms with van der Waals surface area (Å²) in [5.74, 6) is 1.45. The van der Waals surface area contributed by atoms with Gasteiger partial charge in [0.25, 0.3) is 0 Å². The van der Waals surface area contributed by atoms with Gasteiger partial charge in [-0.15, -0.1) is 11.6 Å². The highest BCUT2D eigenvalue weighted by molar-refractivity contribution is 6.18. The van der Waals surface area contributed by atoms with Crippen LogP contribution < -0.4 is 0 Å². The van der Waals surface area contributed by atoms with Gasteiger partial charge in [-0.25, -0.2) is 0 Å². The molecule has 0 aliphatic carbocycles. The molecule has 0 bridgehead atoms. The molecule has 1 aromatic carbocycles. The Balaban J connectivity index is 2.04. The molecule has 114 valence electrons. The molecule has 0 fully saturated rings. The average molecular weight is 295 g/mol. The molecule has 0 saturated carbocycles. The summed E-state index contributed by atoms with van der Waals surface area (Å²) in [7, 11) is 0. The van der Waals surface area contributed by atoms with Crippen molar-refractivity contribution in [2.45, 2.75) is 71.1 Å². The normalized spacial score (nSPS) is 12.5. The quantitative estimate of drug-likeness (QED) is 0.300. The lowest BCUT2D eigenvalue weighted by Crippen LogP contribution is -2.06. The summed E-state index contributed by atoms with van der Waals surface area (Å²) in [6.45, 7) is 2.28. The van der Waals surface area contributed by atoms with E-state index in [0.717, 1.165) is 12.3 Å². The fraction of sp³-hybridized carbons (Fsp3) is 0.684. The molecule has 0 spiro atoms. The molecule has 0 radical (unpaired) electrons. The Morgan fingerprint density at radius 3 is 2.05 bits per heavy atom. The number of hydrogen-bond acceptors (Lipinski definition) is 0. The zero-order valence-corrected chi connectivity index (χ0v) is 13.9. The Morgan fingerprint density at radius 2 is 1.45 bits per heavy atom. The summed E-state index contributed by atoms with van der Waals surface area (Å²) in [5, 5.41) is 0. The van der Waals surface area contributed by atoms with Crippen molar-refractivity contribution in [2.75, 3.05) is 5.88 Å². The second-order valence-electron chi connectivity index (χ2n) is 5.97.